The lowest BCUT2D eigenvalue weighted by Crippen LogP contribution is -2.52. The van der Waals surface area contributed by atoms with Gasteiger partial charge in [0.2, 0.25) is 0 Å². The molecule has 0 radical (unpaired) electrons. The smallest absolute Gasteiger partial charge is 0.103 e. The van der Waals surface area contributed by atoms with Crippen LogP contribution in [0.25, 0.3) is 10.9 Å². The van der Waals surface area contributed by atoms with E-state index in [4.69, 9.17) is 11.6 Å². The number of pyridine rings is 1. The number of nitrogens with zero attached hydrogens (tertiary/aromatic N) is 4. The largest absolute Gasteiger partial charge is 0.381 e. The summed E-state index contributed by atoms with van der Waals surface area (Å²) < 4.78 is 0. The van der Waals surface area contributed by atoms with E-state index in [0.29, 0.717) is 22.1 Å². The number of hydrazine groups is 2. The third kappa shape index (κ3) is 6.38. The Morgan fingerprint density at radius 2 is 1.88 bits per heavy atom. The Bertz CT molecular complexity index is 1430. The first kappa shape index (κ1) is 29.0. The third-order valence-corrected chi connectivity index (χ3v) is 8.51. The first-order valence-electron chi connectivity index (χ1n) is 14.5. The number of hydrogen-bond donors (Lipinski definition) is 4. The molecule has 0 amide bonds. The molecular weight excluding hydrogens is 532 g/mol. The zero-order valence-corrected chi connectivity index (χ0v) is 25.4. The maximum absolute atomic E-state index is 9.82. The fourth-order valence-corrected chi connectivity index (χ4v) is 5.85. The van der Waals surface area contributed by atoms with Crippen LogP contribution in [0.5, 0.6) is 0 Å². The standard InChI is InChI=1S/C32H41ClN8/c1-6-21(2)36-29-23(18-34)19-35-31-26(29)16-24(17-27(31)33)37-30(22-10-8-7-9-11-22)28-20-41(39-38-28)25-12-14-40(15-13-25)32(3,4)5/h7-11,16-17,19-21,25,30,37-39H,6,12-15H2,1-5H3,(H,35,36)/t21-,30-/m0/s1. The molecule has 216 valence electrons. The van der Waals surface area contributed by atoms with Gasteiger partial charge in [-0.1, -0.05) is 48.9 Å². The molecular formula is C32H41ClN8. The molecule has 1 saturated heterocycles. The van der Waals surface area contributed by atoms with Gasteiger partial charge in [-0.2, -0.15) is 5.26 Å². The van der Waals surface area contributed by atoms with Gasteiger partial charge in [0.25, 0.3) is 0 Å². The number of benzene rings is 2. The van der Waals surface area contributed by atoms with Crippen molar-refractivity contribution < 1.29 is 0 Å². The van der Waals surface area contributed by atoms with Crippen LogP contribution in [-0.2, 0) is 0 Å². The van der Waals surface area contributed by atoms with Crippen molar-refractivity contribution in [3.05, 3.63) is 76.7 Å². The van der Waals surface area contributed by atoms with Crippen LogP contribution in [-0.4, -0.2) is 45.6 Å². The zero-order valence-electron chi connectivity index (χ0n) is 24.6. The molecule has 3 heterocycles. The highest BCUT2D eigenvalue weighted by molar-refractivity contribution is 6.35. The summed E-state index contributed by atoms with van der Waals surface area (Å²) in [5.41, 5.74) is 12.0. The van der Waals surface area contributed by atoms with Crippen molar-refractivity contribution in [2.24, 2.45) is 0 Å². The van der Waals surface area contributed by atoms with E-state index in [1.165, 1.54) is 0 Å². The van der Waals surface area contributed by atoms with E-state index in [0.717, 1.165) is 60.4 Å². The number of aromatic nitrogens is 1. The SMILES string of the molecule is CC[C@H](C)Nc1c(C#N)cnc2c(Cl)cc(N[C@H](C3=CN(C4CCN(C(C)(C)C)CC4)NN3)c3ccccc3)cc12. The number of likely N-dealkylation sites (tertiary alicyclic amines) is 1. The number of halogens is 1. The van der Waals surface area contributed by atoms with Gasteiger partial charge in [0.1, 0.15) is 6.07 Å². The first-order valence-corrected chi connectivity index (χ1v) is 14.9. The molecule has 0 bridgehead atoms. The van der Waals surface area contributed by atoms with Crippen molar-refractivity contribution >= 4 is 33.9 Å². The highest BCUT2D eigenvalue weighted by atomic mass is 35.5. The van der Waals surface area contributed by atoms with Crippen molar-refractivity contribution in [3.63, 3.8) is 0 Å². The lowest BCUT2D eigenvalue weighted by Gasteiger charge is -2.42. The molecule has 3 aromatic rings. The summed E-state index contributed by atoms with van der Waals surface area (Å²) in [6.07, 6.45) is 6.91. The van der Waals surface area contributed by atoms with E-state index in [1.54, 1.807) is 6.20 Å². The number of fused-ring (bicyclic) bond motifs is 1. The lowest BCUT2D eigenvalue weighted by atomic mass is 9.98. The molecule has 9 heteroatoms. The molecule has 5 rings (SSSR count). The average molecular weight is 573 g/mol. The van der Waals surface area contributed by atoms with Gasteiger partial charge in [0, 0.05) is 54.2 Å². The number of piperidine rings is 1. The molecule has 2 aliphatic heterocycles. The van der Waals surface area contributed by atoms with Crippen molar-refractivity contribution in [1.29, 1.82) is 5.26 Å². The topological polar surface area (TPSA) is 91.3 Å². The van der Waals surface area contributed by atoms with Crippen LogP contribution in [0.3, 0.4) is 0 Å². The van der Waals surface area contributed by atoms with E-state index in [2.05, 4.69) is 108 Å². The van der Waals surface area contributed by atoms with Crippen LogP contribution >= 0.6 is 11.6 Å². The van der Waals surface area contributed by atoms with E-state index in [1.807, 2.05) is 18.2 Å². The third-order valence-electron chi connectivity index (χ3n) is 8.22. The Labute approximate surface area is 248 Å². The summed E-state index contributed by atoms with van der Waals surface area (Å²) in [5, 5.41) is 20.6. The summed E-state index contributed by atoms with van der Waals surface area (Å²) in [6.45, 7) is 13.2. The number of rotatable bonds is 8. The lowest BCUT2D eigenvalue weighted by molar-refractivity contribution is 0.0570. The molecule has 1 fully saturated rings. The number of nitriles is 1. The molecule has 2 aliphatic rings. The van der Waals surface area contributed by atoms with Crippen LogP contribution in [0.2, 0.25) is 5.02 Å². The summed E-state index contributed by atoms with van der Waals surface area (Å²) in [5.74, 6) is 0. The quantitative estimate of drug-likeness (QED) is 0.241. The molecule has 0 unspecified atom stereocenters. The van der Waals surface area contributed by atoms with Crippen LogP contribution in [0.15, 0.2) is 60.6 Å². The Kier molecular flexibility index (Phi) is 8.60. The maximum atomic E-state index is 9.82. The summed E-state index contributed by atoms with van der Waals surface area (Å²) >= 11 is 6.79. The summed E-state index contributed by atoms with van der Waals surface area (Å²) in [7, 11) is 0. The number of hydrogen-bond acceptors (Lipinski definition) is 8. The van der Waals surface area contributed by atoms with Crippen LogP contribution in [0.1, 0.15) is 71.0 Å². The first-order chi connectivity index (χ1) is 19.7. The molecule has 0 aliphatic carbocycles. The predicted octanol–water partition coefficient (Wildman–Crippen LogP) is 6.55. The fraction of sp³-hybridized carbons (Fsp3) is 0.438. The van der Waals surface area contributed by atoms with Gasteiger partial charge >= 0.3 is 0 Å². The van der Waals surface area contributed by atoms with Crippen molar-refractivity contribution in [2.75, 3.05) is 23.7 Å². The van der Waals surface area contributed by atoms with E-state index in [-0.39, 0.29) is 17.6 Å². The van der Waals surface area contributed by atoms with E-state index < -0.39 is 0 Å². The summed E-state index contributed by atoms with van der Waals surface area (Å²) in [4.78, 5) is 7.08. The molecule has 8 nitrogen and oxygen atoms in total. The van der Waals surface area contributed by atoms with Crippen LogP contribution in [0, 0.1) is 11.3 Å². The van der Waals surface area contributed by atoms with Crippen molar-refractivity contribution in [1.82, 2.24) is 25.9 Å². The highest BCUT2D eigenvalue weighted by Crippen LogP contribution is 2.36. The number of nitrogens with one attached hydrogen (secondary N) is 4. The Hall–Kier alpha value is -3.51. The van der Waals surface area contributed by atoms with Crippen molar-refractivity contribution in [2.45, 2.75) is 77.5 Å². The van der Waals surface area contributed by atoms with Gasteiger partial charge in [-0.3, -0.25) is 14.9 Å². The monoisotopic (exact) mass is 572 g/mol. The van der Waals surface area contributed by atoms with Crippen LogP contribution < -0.4 is 21.6 Å². The minimum atomic E-state index is -0.157. The van der Waals surface area contributed by atoms with Gasteiger partial charge < -0.3 is 16.1 Å². The van der Waals surface area contributed by atoms with Gasteiger partial charge in [-0.15, -0.1) is 5.53 Å². The molecule has 2 aromatic carbocycles. The fourth-order valence-electron chi connectivity index (χ4n) is 5.59. The Balaban J connectivity index is 1.46. The molecule has 1 aromatic heterocycles. The van der Waals surface area contributed by atoms with Gasteiger partial charge in [0.15, 0.2) is 0 Å². The molecule has 0 spiro atoms. The van der Waals surface area contributed by atoms with Gasteiger partial charge in [-0.25, -0.2) is 0 Å². The molecule has 0 saturated carbocycles. The highest BCUT2D eigenvalue weighted by Gasteiger charge is 2.32. The van der Waals surface area contributed by atoms with Crippen molar-refractivity contribution in [3.8, 4) is 6.07 Å². The van der Waals surface area contributed by atoms with Gasteiger partial charge in [-0.05, 0) is 64.7 Å². The van der Waals surface area contributed by atoms with E-state index >= 15 is 0 Å². The van der Waals surface area contributed by atoms with E-state index in [9.17, 15) is 5.26 Å². The second-order valence-electron chi connectivity index (χ2n) is 12.1. The summed E-state index contributed by atoms with van der Waals surface area (Å²) in [6, 6.07) is 17.1. The molecule has 2 atom stereocenters. The Morgan fingerprint density at radius 3 is 2.54 bits per heavy atom. The Morgan fingerprint density at radius 1 is 1.15 bits per heavy atom. The normalized spacial score (nSPS) is 18.0. The molecule has 4 N–H and O–H groups in total. The second kappa shape index (κ2) is 12.2. The number of anilines is 2. The average Bonchev–Trinajstić information content (AvgIpc) is 3.46. The van der Waals surface area contributed by atoms with Gasteiger partial charge in [0.05, 0.1) is 33.5 Å². The molecule has 41 heavy (non-hydrogen) atoms. The van der Waals surface area contributed by atoms with Crippen LogP contribution in [0.4, 0.5) is 11.4 Å². The minimum Gasteiger partial charge on any atom is -0.381 e. The minimum absolute atomic E-state index is 0.157. The zero-order chi connectivity index (χ0) is 29.1. The second-order valence-corrected chi connectivity index (χ2v) is 12.5. The predicted molar refractivity (Wildman–Crippen MR) is 168 cm³/mol. The maximum Gasteiger partial charge on any atom is 0.103 e.